The molecule has 2 aromatic carbocycles. The largest absolute Gasteiger partial charge is 0.416 e. The molecule has 1 aliphatic rings. The summed E-state index contributed by atoms with van der Waals surface area (Å²) in [7, 11) is 0. The molecule has 0 unspecified atom stereocenters. The zero-order valence-electron chi connectivity index (χ0n) is 13.6. The lowest BCUT2D eigenvalue weighted by Gasteiger charge is -2.19. The van der Waals surface area contributed by atoms with Crippen molar-refractivity contribution < 1.29 is 26.7 Å². The Balaban J connectivity index is 1.84. The van der Waals surface area contributed by atoms with Gasteiger partial charge in [0.05, 0.1) is 22.2 Å². The molecule has 0 aromatic heterocycles. The first-order valence-electron chi connectivity index (χ1n) is 7.88. The highest BCUT2D eigenvalue weighted by Crippen LogP contribution is 2.34. The number of amides is 1. The van der Waals surface area contributed by atoms with Crippen LogP contribution in [0.5, 0.6) is 0 Å². The number of alkyl halides is 3. The van der Waals surface area contributed by atoms with Gasteiger partial charge in [-0.1, -0.05) is 30.4 Å². The highest BCUT2D eigenvalue weighted by Gasteiger charge is 2.39. The minimum Gasteiger partial charge on any atom is -0.378 e. The van der Waals surface area contributed by atoms with Crippen LogP contribution in [-0.4, -0.2) is 17.4 Å². The molecule has 27 heavy (non-hydrogen) atoms. The Kier molecular flexibility index (Phi) is 5.14. The van der Waals surface area contributed by atoms with E-state index in [9.17, 15) is 26.7 Å². The van der Waals surface area contributed by atoms with Gasteiger partial charge in [-0.3, -0.25) is 4.79 Å². The first-order chi connectivity index (χ1) is 12.7. The van der Waals surface area contributed by atoms with E-state index in [1.807, 2.05) is 0 Å². The van der Waals surface area contributed by atoms with E-state index in [0.29, 0.717) is 5.56 Å². The van der Waals surface area contributed by atoms with Crippen LogP contribution in [0.3, 0.4) is 0 Å². The maximum Gasteiger partial charge on any atom is 0.416 e. The summed E-state index contributed by atoms with van der Waals surface area (Å²) in [6.45, 7) is 0.244. The molecular formula is C18H13F5N2OS. The standard InChI is InChI=1S/C18H13F5N2OS/c19-12-2-1-3-13(15(12)20)25-16(26)14-11(8-24-17(14)27)9-4-6-10(7-5-9)18(21,22)23/h1-7,11,14H,8H2,(H,24,27)(H,25,26)/t11-,14+/m1/s1. The van der Waals surface area contributed by atoms with Gasteiger partial charge in [-0.15, -0.1) is 0 Å². The van der Waals surface area contributed by atoms with Gasteiger partial charge in [-0.25, -0.2) is 8.78 Å². The predicted octanol–water partition coefficient (Wildman–Crippen LogP) is 4.25. The first kappa shape index (κ1) is 19.2. The molecule has 142 valence electrons. The Bertz CT molecular complexity index is 882. The summed E-state index contributed by atoms with van der Waals surface area (Å²) >= 11 is 5.13. The van der Waals surface area contributed by atoms with Crippen molar-refractivity contribution in [1.82, 2.24) is 5.32 Å². The summed E-state index contributed by atoms with van der Waals surface area (Å²) in [4.78, 5) is 12.8. The Morgan fingerprint density at radius 3 is 2.41 bits per heavy atom. The number of benzene rings is 2. The lowest BCUT2D eigenvalue weighted by molar-refractivity contribution is -0.137. The van der Waals surface area contributed by atoms with Gasteiger partial charge >= 0.3 is 6.18 Å². The van der Waals surface area contributed by atoms with Crippen molar-refractivity contribution >= 4 is 28.8 Å². The SMILES string of the molecule is O=C(Nc1cccc(F)c1F)[C@H]1C(=S)NC[C@@H]1c1ccc(C(F)(F)F)cc1. The summed E-state index contributed by atoms with van der Waals surface area (Å²) in [6.07, 6.45) is -4.46. The number of thiocarbonyl (C=S) groups is 1. The maximum absolute atomic E-state index is 13.8. The van der Waals surface area contributed by atoms with Crippen LogP contribution in [-0.2, 0) is 11.0 Å². The molecule has 0 saturated carbocycles. The van der Waals surface area contributed by atoms with Crippen LogP contribution in [0.4, 0.5) is 27.6 Å². The van der Waals surface area contributed by atoms with Crippen molar-refractivity contribution in [2.24, 2.45) is 5.92 Å². The van der Waals surface area contributed by atoms with Crippen LogP contribution < -0.4 is 10.6 Å². The van der Waals surface area contributed by atoms with Crippen molar-refractivity contribution in [3.05, 3.63) is 65.2 Å². The van der Waals surface area contributed by atoms with Crippen LogP contribution in [0, 0.1) is 17.6 Å². The van der Waals surface area contributed by atoms with E-state index < -0.39 is 41.1 Å². The second-order valence-corrected chi connectivity index (χ2v) is 6.48. The lowest BCUT2D eigenvalue weighted by Crippen LogP contribution is -2.31. The molecule has 1 heterocycles. The fraction of sp³-hybridized carbons (Fsp3) is 0.222. The number of carbonyl (C=O) groups excluding carboxylic acids is 1. The molecule has 1 fully saturated rings. The number of carbonyl (C=O) groups is 1. The van der Waals surface area contributed by atoms with E-state index in [2.05, 4.69) is 10.6 Å². The van der Waals surface area contributed by atoms with E-state index in [0.717, 1.165) is 18.2 Å². The third kappa shape index (κ3) is 3.92. The third-order valence-corrected chi connectivity index (χ3v) is 4.74. The Morgan fingerprint density at radius 2 is 1.78 bits per heavy atom. The zero-order valence-corrected chi connectivity index (χ0v) is 14.4. The number of nitrogens with one attached hydrogen (secondary N) is 2. The van der Waals surface area contributed by atoms with E-state index in [4.69, 9.17) is 12.2 Å². The molecule has 0 radical (unpaired) electrons. The molecule has 3 nitrogen and oxygen atoms in total. The predicted molar refractivity (Wildman–Crippen MR) is 93.3 cm³/mol. The first-order valence-corrected chi connectivity index (χ1v) is 8.29. The second-order valence-electron chi connectivity index (χ2n) is 6.04. The highest BCUT2D eigenvalue weighted by molar-refractivity contribution is 7.80. The Labute approximate surface area is 156 Å². The van der Waals surface area contributed by atoms with Crippen molar-refractivity contribution in [3.8, 4) is 0 Å². The van der Waals surface area contributed by atoms with Gasteiger partial charge in [0.15, 0.2) is 11.6 Å². The summed E-state index contributed by atoms with van der Waals surface area (Å²) in [6, 6.07) is 7.79. The minimum absolute atomic E-state index is 0.189. The number of hydrogen-bond donors (Lipinski definition) is 2. The van der Waals surface area contributed by atoms with Gasteiger partial charge < -0.3 is 10.6 Å². The average molecular weight is 400 g/mol. The van der Waals surface area contributed by atoms with Gasteiger partial charge in [0.1, 0.15) is 0 Å². The minimum atomic E-state index is -4.46. The molecule has 0 aliphatic carbocycles. The molecule has 9 heteroatoms. The molecule has 2 N–H and O–H groups in total. The molecule has 0 bridgehead atoms. The van der Waals surface area contributed by atoms with E-state index in [-0.39, 0.29) is 17.2 Å². The molecule has 3 rings (SSSR count). The van der Waals surface area contributed by atoms with Gasteiger partial charge in [-0.05, 0) is 29.8 Å². The lowest BCUT2D eigenvalue weighted by atomic mass is 9.87. The Hall–Kier alpha value is -2.55. The second kappa shape index (κ2) is 7.22. The molecular weight excluding hydrogens is 387 g/mol. The fourth-order valence-corrected chi connectivity index (χ4v) is 3.32. The molecule has 2 aromatic rings. The number of halogens is 5. The van der Waals surface area contributed by atoms with Crippen molar-refractivity contribution in [2.45, 2.75) is 12.1 Å². The van der Waals surface area contributed by atoms with Gasteiger partial charge in [0, 0.05) is 12.5 Å². The van der Waals surface area contributed by atoms with Crippen molar-refractivity contribution in [2.75, 3.05) is 11.9 Å². The summed E-state index contributed by atoms with van der Waals surface area (Å²) < 4.78 is 65.2. The van der Waals surface area contributed by atoms with Crippen molar-refractivity contribution in [1.29, 1.82) is 0 Å². The van der Waals surface area contributed by atoms with E-state index >= 15 is 0 Å². The molecule has 2 atom stereocenters. The van der Waals surface area contributed by atoms with Crippen LogP contribution in [0.25, 0.3) is 0 Å². The van der Waals surface area contributed by atoms with Crippen LogP contribution in [0.2, 0.25) is 0 Å². The van der Waals surface area contributed by atoms with Crippen LogP contribution >= 0.6 is 12.2 Å². The number of hydrogen-bond acceptors (Lipinski definition) is 2. The van der Waals surface area contributed by atoms with E-state index in [1.54, 1.807) is 0 Å². The molecule has 0 spiro atoms. The average Bonchev–Trinajstić information content (AvgIpc) is 3.00. The zero-order chi connectivity index (χ0) is 19.8. The van der Waals surface area contributed by atoms with Gasteiger partial charge in [0.2, 0.25) is 5.91 Å². The quantitative estimate of drug-likeness (QED) is 0.598. The number of anilines is 1. The molecule has 1 aliphatic heterocycles. The van der Waals surface area contributed by atoms with Crippen LogP contribution in [0.1, 0.15) is 17.0 Å². The third-order valence-electron chi connectivity index (χ3n) is 4.34. The fourth-order valence-electron chi connectivity index (χ4n) is 2.96. The molecule has 1 saturated heterocycles. The Morgan fingerprint density at radius 1 is 1.11 bits per heavy atom. The smallest absolute Gasteiger partial charge is 0.378 e. The normalized spacial score (nSPS) is 19.7. The number of rotatable bonds is 3. The molecule has 1 amide bonds. The van der Waals surface area contributed by atoms with Gasteiger partial charge in [0.25, 0.3) is 0 Å². The van der Waals surface area contributed by atoms with Crippen LogP contribution in [0.15, 0.2) is 42.5 Å². The summed E-state index contributed by atoms with van der Waals surface area (Å²) in [5.41, 5.74) is -0.654. The van der Waals surface area contributed by atoms with Crippen molar-refractivity contribution in [3.63, 3.8) is 0 Å². The van der Waals surface area contributed by atoms with Gasteiger partial charge in [-0.2, -0.15) is 13.2 Å². The maximum atomic E-state index is 13.8. The monoisotopic (exact) mass is 400 g/mol. The van der Waals surface area contributed by atoms with E-state index in [1.165, 1.54) is 24.3 Å². The topological polar surface area (TPSA) is 41.1 Å². The summed E-state index contributed by atoms with van der Waals surface area (Å²) in [5, 5.41) is 5.13. The highest BCUT2D eigenvalue weighted by atomic mass is 32.1. The summed E-state index contributed by atoms with van der Waals surface area (Å²) in [5.74, 6) is -4.43.